The van der Waals surface area contributed by atoms with Crippen molar-refractivity contribution in [1.82, 2.24) is 0 Å². The van der Waals surface area contributed by atoms with Crippen LogP contribution in [-0.2, 0) is 4.74 Å². The zero-order valence-electron chi connectivity index (χ0n) is 12.1. The van der Waals surface area contributed by atoms with Crippen LogP contribution >= 0.6 is 15.9 Å². The minimum atomic E-state index is 0.481. The van der Waals surface area contributed by atoms with Crippen molar-refractivity contribution in [1.29, 1.82) is 0 Å². The topological polar surface area (TPSA) is 9.23 Å². The number of hydrogen-bond acceptors (Lipinski definition) is 1. The number of rotatable bonds is 5. The molecule has 1 fully saturated rings. The van der Waals surface area contributed by atoms with Gasteiger partial charge in [-0.2, -0.15) is 0 Å². The number of methoxy groups -OCH3 is 1. The lowest BCUT2D eigenvalue weighted by atomic mass is 9.63. The first kappa shape index (κ1) is 15.5. The molecule has 1 nitrogen and oxygen atoms in total. The molecule has 0 aromatic heterocycles. The van der Waals surface area contributed by atoms with Gasteiger partial charge in [0.15, 0.2) is 0 Å². The highest BCUT2D eigenvalue weighted by molar-refractivity contribution is 9.09. The van der Waals surface area contributed by atoms with Crippen LogP contribution < -0.4 is 0 Å². The molecule has 0 spiro atoms. The highest BCUT2D eigenvalue weighted by atomic mass is 79.9. The normalized spacial score (nSPS) is 34.6. The second kappa shape index (κ2) is 6.56. The van der Waals surface area contributed by atoms with Gasteiger partial charge in [0.25, 0.3) is 0 Å². The van der Waals surface area contributed by atoms with Crippen LogP contribution in [0.4, 0.5) is 0 Å². The van der Waals surface area contributed by atoms with E-state index < -0.39 is 0 Å². The van der Waals surface area contributed by atoms with Crippen molar-refractivity contribution >= 4 is 15.9 Å². The Kier molecular flexibility index (Phi) is 5.98. The zero-order chi connectivity index (χ0) is 13.1. The van der Waals surface area contributed by atoms with Gasteiger partial charge in [0.2, 0.25) is 0 Å². The van der Waals surface area contributed by atoms with E-state index in [1.807, 2.05) is 7.11 Å². The molecule has 0 radical (unpaired) electrons. The van der Waals surface area contributed by atoms with E-state index in [4.69, 9.17) is 4.74 Å². The molecule has 17 heavy (non-hydrogen) atoms. The Balaban J connectivity index is 2.50. The number of hydrogen-bond donors (Lipinski definition) is 0. The maximum Gasteiger partial charge on any atom is 0.0599 e. The molecule has 1 aliphatic carbocycles. The van der Waals surface area contributed by atoms with Crippen molar-refractivity contribution in [2.24, 2.45) is 17.3 Å². The van der Waals surface area contributed by atoms with Crippen LogP contribution in [0.3, 0.4) is 0 Å². The van der Waals surface area contributed by atoms with Gasteiger partial charge in [0.05, 0.1) is 6.10 Å². The molecule has 0 amide bonds. The van der Waals surface area contributed by atoms with Crippen molar-refractivity contribution in [2.75, 3.05) is 7.11 Å². The largest absolute Gasteiger partial charge is 0.381 e. The predicted octanol–water partition coefficient (Wildman–Crippen LogP) is 5.03. The fourth-order valence-electron chi connectivity index (χ4n) is 3.44. The second-order valence-electron chi connectivity index (χ2n) is 6.59. The second-order valence-corrected chi connectivity index (χ2v) is 8.15. The minimum Gasteiger partial charge on any atom is -0.381 e. The molecule has 102 valence electrons. The Morgan fingerprint density at radius 3 is 2.59 bits per heavy atom. The molecule has 3 unspecified atom stereocenters. The Labute approximate surface area is 116 Å². The smallest absolute Gasteiger partial charge is 0.0599 e. The van der Waals surface area contributed by atoms with Gasteiger partial charge < -0.3 is 4.74 Å². The summed E-state index contributed by atoms with van der Waals surface area (Å²) in [7, 11) is 1.87. The van der Waals surface area contributed by atoms with Crippen molar-refractivity contribution in [3.8, 4) is 0 Å². The molecular formula is C15H29BrO. The molecule has 0 aromatic rings. The van der Waals surface area contributed by atoms with E-state index in [1.165, 1.54) is 32.1 Å². The maximum absolute atomic E-state index is 5.65. The summed E-state index contributed by atoms with van der Waals surface area (Å²) < 4.78 is 5.65. The third kappa shape index (κ3) is 4.55. The molecule has 0 saturated heterocycles. The van der Waals surface area contributed by atoms with E-state index in [9.17, 15) is 0 Å². The van der Waals surface area contributed by atoms with Crippen LogP contribution in [0.1, 0.15) is 59.8 Å². The van der Waals surface area contributed by atoms with Crippen molar-refractivity contribution in [2.45, 2.75) is 70.7 Å². The summed E-state index contributed by atoms with van der Waals surface area (Å²) >= 11 is 3.64. The highest BCUT2D eigenvalue weighted by Gasteiger charge is 2.39. The lowest BCUT2D eigenvalue weighted by Gasteiger charge is -2.45. The summed E-state index contributed by atoms with van der Waals surface area (Å²) in [5.41, 5.74) is 0.490. The first-order chi connectivity index (χ1) is 7.86. The average Bonchev–Trinajstić information content (AvgIpc) is 2.20. The third-order valence-corrected chi connectivity index (χ3v) is 5.02. The van der Waals surface area contributed by atoms with Crippen molar-refractivity contribution < 1.29 is 4.74 Å². The number of halogens is 1. The van der Waals surface area contributed by atoms with E-state index in [0.29, 0.717) is 22.3 Å². The standard InChI is InChI=1S/C15H29BrO/c1-11-10-15(3,4)13(9-14(11)17-5)8-6-7-12(2)16/h11-14H,6-10H2,1-5H3/t11?,12?,13?,14-/m1/s1. The quantitative estimate of drug-likeness (QED) is 0.647. The fraction of sp³-hybridized carbons (Fsp3) is 1.00. The van der Waals surface area contributed by atoms with Crippen LogP contribution in [0.5, 0.6) is 0 Å². The van der Waals surface area contributed by atoms with Gasteiger partial charge in [-0.05, 0) is 42.9 Å². The predicted molar refractivity (Wildman–Crippen MR) is 78.7 cm³/mol. The van der Waals surface area contributed by atoms with E-state index in [2.05, 4.69) is 43.6 Å². The Morgan fingerprint density at radius 1 is 1.41 bits per heavy atom. The summed E-state index contributed by atoms with van der Waals surface area (Å²) in [6, 6.07) is 0. The molecule has 1 saturated carbocycles. The number of alkyl halides is 1. The van der Waals surface area contributed by atoms with Crippen LogP contribution in [-0.4, -0.2) is 18.0 Å². The molecular weight excluding hydrogens is 276 g/mol. The average molecular weight is 305 g/mol. The van der Waals surface area contributed by atoms with E-state index >= 15 is 0 Å². The molecule has 1 rings (SSSR count). The molecule has 0 N–H and O–H groups in total. The summed E-state index contributed by atoms with van der Waals surface area (Å²) in [6.45, 7) is 9.47. The minimum absolute atomic E-state index is 0.481. The Morgan fingerprint density at radius 2 is 2.06 bits per heavy atom. The first-order valence-corrected chi connectivity index (χ1v) is 7.95. The molecule has 4 atom stereocenters. The highest BCUT2D eigenvalue weighted by Crippen LogP contribution is 2.46. The number of ether oxygens (including phenoxy) is 1. The van der Waals surface area contributed by atoms with Gasteiger partial charge in [-0.25, -0.2) is 0 Å². The summed E-state index contributed by atoms with van der Waals surface area (Å²) in [5, 5.41) is 0. The van der Waals surface area contributed by atoms with Gasteiger partial charge in [0, 0.05) is 11.9 Å². The maximum atomic E-state index is 5.65. The van der Waals surface area contributed by atoms with Gasteiger partial charge in [-0.3, -0.25) is 0 Å². The van der Waals surface area contributed by atoms with Crippen molar-refractivity contribution in [3.63, 3.8) is 0 Å². The summed E-state index contributed by atoms with van der Waals surface area (Å²) in [4.78, 5) is 0.659. The van der Waals surface area contributed by atoms with Crippen LogP contribution in [0, 0.1) is 17.3 Å². The fourth-order valence-corrected chi connectivity index (χ4v) is 3.77. The molecule has 1 aliphatic rings. The Bertz CT molecular complexity index is 225. The first-order valence-electron chi connectivity index (χ1n) is 7.03. The van der Waals surface area contributed by atoms with Crippen LogP contribution in [0.2, 0.25) is 0 Å². The summed E-state index contributed by atoms with van der Waals surface area (Å²) in [5.74, 6) is 1.54. The van der Waals surface area contributed by atoms with E-state index in [0.717, 1.165) is 5.92 Å². The Hall–Kier alpha value is 0.440. The molecule has 2 heteroatoms. The molecule has 0 bridgehead atoms. The van der Waals surface area contributed by atoms with Crippen molar-refractivity contribution in [3.05, 3.63) is 0 Å². The zero-order valence-corrected chi connectivity index (χ0v) is 13.7. The van der Waals surface area contributed by atoms with Gasteiger partial charge in [-0.1, -0.05) is 50.0 Å². The van der Waals surface area contributed by atoms with Gasteiger partial charge >= 0.3 is 0 Å². The lowest BCUT2D eigenvalue weighted by Crippen LogP contribution is -2.40. The molecule has 0 aromatic carbocycles. The van der Waals surface area contributed by atoms with Gasteiger partial charge in [-0.15, -0.1) is 0 Å². The monoisotopic (exact) mass is 304 g/mol. The van der Waals surface area contributed by atoms with E-state index in [-0.39, 0.29) is 0 Å². The summed E-state index contributed by atoms with van der Waals surface area (Å²) in [6.07, 6.45) is 7.02. The van der Waals surface area contributed by atoms with Crippen LogP contribution in [0.15, 0.2) is 0 Å². The van der Waals surface area contributed by atoms with Crippen LogP contribution in [0.25, 0.3) is 0 Å². The third-order valence-electron chi connectivity index (χ3n) is 4.56. The SMILES string of the molecule is CO[C@@H]1CC(CCCC(C)Br)C(C)(C)CC1C. The van der Waals surface area contributed by atoms with E-state index in [1.54, 1.807) is 0 Å². The molecule has 0 heterocycles. The van der Waals surface area contributed by atoms with Gasteiger partial charge in [0.1, 0.15) is 0 Å². The molecule has 0 aliphatic heterocycles. The lowest BCUT2D eigenvalue weighted by molar-refractivity contribution is -0.0416.